The van der Waals surface area contributed by atoms with Crippen molar-refractivity contribution in [3.05, 3.63) is 12.4 Å². The predicted octanol–water partition coefficient (Wildman–Crippen LogP) is 0.936. The zero-order chi connectivity index (χ0) is 15.6. The SMILES string of the molecule is CCN(C(=O)C(C)Sc1nccn1C)C1CCS(=O)(=O)C1. The average Bonchev–Trinajstić information content (AvgIpc) is 2.97. The van der Waals surface area contributed by atoms with Gasteiger partial charge in [-0.2, -0.15) is 0 Å². The standard InChI is InChI=1S/C13H21N3O3S2/c1-4-16(11-5-8-21(18,19)9-11)12(17)10(2)20-13-14-6-7-15(13)3/h6-7,10-11H,4-5,8-9H2,1-3H3. The summed E-state index contributed by atoms with van der Waals surface area (Å²) in [5.41, 5.74) is 0. The highest BCUT2D eigenvalue weighted by Crippen LogP contribution is 2.25. The van der Waals surface area contributed by atoms with E-state index in [0.29, 0.717) is 13.0 Å². The first-order valence-corrected chi connectivity index (χ1v) is 9.69. The van der Waals surface area contributed by atoms with E-state index < -0.39 is 9.84 Å². The Morgan fingerprint density at radius 3 is 2.81 bits per heavy atom. The number of hydrogen-bond acceptors (Lipinski definition) is 5. The molecule has 8 heteroatoms. The Morgan fingerprint density at radius 1 is 1.62 bits per heavy atom. The number of imidazole rings is 1. The second-order valence-electron chi connectivity index (χ2n) is 5.26. The predicted molar refractivity (Wildman–Crippen MR) is 83.0 cm³/mol. The summed E-state index contributed by atoms with van der Waals surface area (Å²) >= 11 is 1.40. The summed E-state index contributed by atoms with van der Waals surface area (Å²) in [6.45, 7) is 4.26. The van der Waals surface area contributed by atoms with Gasteiger partial charge in [-0.05, 0) is 20.3 Å². The van der Waals surface area contributed by atoms with E-state index in [1.54, 1.807) is 11.1 Å². The summed E-state index contributed by atoms with van der Waals surface area (Å²) < 4.78 is 25.1. The van der Waals surface area contributed by atoms with Crippen LogP contribution >= 0.6 is 11.8 Å². The maximum atomic E-state index is 12.6. The molecule has 2 atom stereocenters. The first-order chi connectivity index (χ1) is 9.84. The fourth-order valence-corrected chi connectivity index (χ4v) is 5.15. The minimum atomic E-state index is -2.98. The highest BCUT2D eigenvalue weighted by molar-refractivity contribution is 8.00. The van der Waals surface area contributed by atoms with Crippen molar-refractivity contribution in [2.45, 2.75) is 36.7 Å². The van der Waals surface area contributed by atoms with Crippen LogP contribution in [0.4, 0.5) is 0 Å². The van der Waals surface area contributed by atoms with E-state index in [2.05, 4.69) is 4.98 Å². The molecule has 0 spiro atoms. The smallest absolute Gasteiger partial charge is 0.236 e. The molecule has 1 saturated heterocycles. The second kappa shape index (κ2) is 6.39. The number of nitrogens with zero attached hydrogens (tertiary/aromatic N) is 3. The van der Waals surface area contributed by atoms with Crippen LogP contribution in [0.2, 0.25) is 0 Å². The molecule has 1 aromatic rings. The number of sulfone groups is 1. The van der Waals surface area contributed by atoms with Crippen molar-refractivity contribution in [1.82, 2.24) is 14.5 Å². The highest BCUT2D eigenvalue weighted by atomic mass is 32.2. The van der Waals surface area contributed by atoms with E-state index >= 15 is 0 Å². The van der Waals surface area contributed by atoms with Gasteiger partial charge >= 0.3 is 0 Å². The van der Waals surface area contributed by atoms with Crippen LogP contribution in [0.3, 0.4) is 0 Å². The number of thioether (sulfide) groups is 1. The monoisotopic (exact) mass is 331 g/mol. The summed E-state index contributed by atoms with van der Waals surface area (Å²) in [7, 11) is -1.10. The summed E-state index contributed by atoms with van der Waals surface area (Å²) in [5.74, 6) is 0.252. The highest BCUT2D eigenvalue weighted by Gasteiger charge is 2.35. The van der Waals surface area contributed by atoms with Crippen LogP contribution in [0, 0.1) is 0 Å². The molecule has 2 unspecified atom stereocenters. The Balaban J connectivity index is 2.04. The third-order valence-electron chi connectivity index (χ3n) is 3.68. The van der Waals surface area contributed by atoms with Gasteiger partial charge < -0.3 is 9.47 Å². The molecule has 1 aromatic heterocycles. The van der Waals surface area contributed by atoms with Gasteiger partial charge in [0.1, 0.15) is 0 Å². The van der Waals surface area contributed by atoms with Crippen LogP contribution in [0.25, 0.3) is 0 Å². The van der Waals surface area contributed by atoms with E-state index in [9.17, 15) is 13.2 Å². The van der Waals surface area contributed by atoms with Gasteiger partial charge in [-0.1, -0.05) is 11.8 Å². The van der Waals surface area contributed by atoms with Crippen molar-refractivity contribution >= 4 is 27.5 Å². The summed E-state index contributed by atoms with van der Waals surface area (Å²) in [4.78, 5) is 18.5. The van der Waals surface area contributed by atoms with E-state index in [1.807, 2.05) is 31.7 Å². The maximum Gasteiger partial charge on any atom is 0.236 e. The second-order valence-corrected chi connectivity index (χ2v) is 8.80. The average molecular weight is 331 g/mol. The van der Waals surface area contributed by atoms with E-state index in [4.69, 9.17) is 0 Å². The molecule has 0 N–H and O–H groups in total. The number of aromatic nitrogens is 2. The van der Waals surface area contributed by atoms with Crippen molar-refractivity contribution in [2.75, 3.05) is 18.1 Å². The fourth-order valence-electron chi connectivity index (χ4n) is 2.52. The van der Waals surface area contributed by atoms with Crippen LogP contribution in [0.15, 0.2) is 17.6 Å². The Hall–Kier alpha value is -1.02. The lowest BCUT2D eigenvalue weighted by atomic mass is 10.2. The summed E-state index contributed by atoms with van der Waals surface area (Å²) in [5, 5.41) is 0.500. The third kappa shape index (κ3) is 3.79. The van der Waals surface area contributed by atoms with E-state index in [1.165, 1.54) is 11.8 Å². The van der Waals surface area contributed by atoms with E-state index in [0.717, 1.165) is 5.16 Å². The normalized spacial score (nSPS) is 22.1. The molecule has 2 heterocycles. The van der Waals surface area contributed by atoms with Gasteiger partial charge in [-0.15, -0.1) is 0 Å². The minimum absolute atomic E-state index is 0.0207. The van der Waals surface area contributed by atoms with Crippen molar-refractivity contribution in [3.63, 3.8) is 0 Å². The molecule has 2 rings (SSSR count). The minimum Gasteiger partial charge on any atom is -0.338 e. The van der Waals surface area contributed by atoms with Crippen molar-refractivity contribution in [1.29, 1.82) is 0 Å². The van der Waals surface area contributed by atoms with Gasteiger partial charge in [0.15, 0.2) is 15.0 Å². The molecule has 0 saturated carbocycles. The molecule has 0 aromatic carbocycles. The molecule has 0 radical (unpaired) electrons. The summed E-state index contributed by atoms with van der Waals surface area (Å²) in [6.07, 6.45) is 4.07. The van der Waals surface area contributed by atoms with Gasteiger partial charge in [-0.25, -0.2) is 13.4 Å². The molecule has 0 aliphatic carbocycles. The van der Waals surface area contributed by atoms with Gasteiger partial charge in [0.05, 0.1) is 16.8 Å². The van der Waals surface area contributed by atoms with Gasteiger partial charge in [-0.3, -0.25) is 4.79 Å². The molecule has 0 bridgehead atoms. The first kappa shape index (κ1) is 16.4. The fraction of sp³-hybridized carbons (Fsp3) is 0.692. The largest absolute Gasteiger partial charge is 0.338 e. The Kier molecular flexibility index (Phi) is 4.98. The van der Waals surface area contributed by atoms with Crippen LogP contribution in [-0.2, 0) is 21.7 Å². The van der Waals surface area contributed by atoms with Crippen molar-refractivity contribution in [2.24, 2.45) is 7.05 Å². The number of hydrogen-bond donors (Lipinski definition) is 0. The van der Waals surface area contributed by atoms with Crippen LogP contribution < -0.4 is 0 Å². The molecule has 1 fully saturated rings. The Labute approximate surface area is 129 Å². The number of carbonyl (C=O) groups is 1. The Bertz CT molecular complexity index is 612. The van der Waals surface area contributed by atoms with Crippen molar-refractivity contribution < 1.29 is 13.2 Å². The quantitative estimate of drug-likeness (QED) is 0.751. The third-order valence-corrected chi connectivity index (χ3v) is 6.59. The van der Waals surface area contributed by atoms with Crippen LogP contribution in [0.1, 0.15) is 20.3 Å². The van der Waals surface area contributed by atoms with Gasteiger partial charge in [0.25, 0.3) is 0 Å². The van der Waals surface area contributed by atoms with Crippen LogP contribution in [0.5, 0.6) is 0 Å². The van der Waals surface area contributed by atoms with Gasteiger partial charge in [0.2, 0.25) is 5.91 Å². The van der Waals surface area contributed by atoms with Crippen molar-refractivity contribution in [3.8, 4) is 0 Å². The number of rotatable bonds is 5. The topological polar surface area (TPSA) is 72.3 Å². The molecule has 6 nitrogen and oxygen atoms in total. The lowest BCUT2D eigenvalue weighted by Crippen LogP contribution is -2.44. The molecule has 1 aliphatic heterocycles. The number of amides is 1. The Morgan fingerprint density at radius 2 is 2.33 bits per heavy atom. The first-order valence-electron chi connectivity index (χ1n) is 6.99. The molecular formula is C13H21N3O3S2. The molecule has 1 amide bonds. The lowest BCUT2D eigenvalue weighted by Gasteiger charge is -2.29. The maximum absolute atomic E-state index is 12.6. The molecule has 21 heavy (non-hydrogen) atoms. The number of carbonyl (C=O) groups excluding carboxylic acids is 1. The molecular weight excluding hydrogens is 310 g/mol. The van der Waals surface area contributed by atoms with E-state index in [-0.39, 0.29) is 28.7 Å². The van der Waals surface area contributed by atoms with Gasteiger partial charge in [0, 0.05) is 32.0 Å². The molecule has 1 aliphatic rings. The van der Waals surface area contributed by atoms with Crippen LogP contribution in [-0.4, -0.2) is 58.1 Å². The zero-order valence-corrected chi connectivity index (χ0v) is 14.2. The number of aryl methyl sites for hydroxylation is 1. The lowest BCUT2D eigenvalue weighted by molar-refractivity contribution is -0.131. The zero-order valence-electron chi connectivity index (χ0n) is 12.5. The summed E-state index contributed by atoms with van der Waals surface area (Å²) in [6, 6.07) is -0.183. The molecule has 118 valence electrons.